The maximum atomic E-state index is 12.4. The predicted octanol–water partition coefficient (Wildman–Crippen LogP) is 2.00. The van der Waals surface area contributed by atoms with E-state index in [0.29, 0.717) is 31.2 Å². The molecule has 1 amide bonds. The molecule has 1 saturated heterocycles. The van der Waals surface area contributed by atoms with Crippen molar-refractivity contribution in [3.8, 4) is 6.01 Å². The molecule has 0 spiro atoms. The summed E-state index contributed by atoms with van der Waals surface area (Å²) >= 11 is 0. The van der Waals surface area contributed by atoms with Crippen LogP contribution in [0, 0.1) is 0 Å². The quantitative estimate of drug-likeness (QED) is 0.688. The standard InChI is InChI=1S/C18H29N5O2/c1-2-3-12-25-18-20-16(19)14-13-15(24)23(17(14)21-18)11-7-6-10-22-8-4-5-9-22/h2-13H2,1H3,(H2,19,20,21). The highest BCUT2D eigenvalue weighted by atomic mass is 16.5. The van der Waals surface area contributed by atoms with Gasteiger partial charge in [-0.3, -0.25) is 9.69 Å². The molecule has 3 heterocycles. The Morgan fingerprint density at radius 2 is 1.88 bits per heavy atom. The number of nitrogens with zero attached hydrogens (tertiary/aromatic N) is 4. The highest BCUT2D eigenvalue weighted by Gasteiger charge is 2.31. The molecule has 7 nitrogen and oxygen atoms in total. The zero-order valence-corrected chi connectivity index (χ0v) is 15.2. The Morgan fingerprint density at radius 3 is 2.64 bits per heavy atom. The number of ether oxygens (including phenoxy) is 1. The van der Waals surface area contributed by atoms with Crippen LogP contribution in [0.2, 0.25) is 0 Å². The summed E-state index contributed by atoms with van der Waals surface area (Å²) in [5, 5.41) is 0. The Bertz CT molecular complexity index is 601. The van der Waals surface area contributed by atoms with Crippen molar-refractivity contribution in [3.05, 3.63) is 5.56 Å². The van der Waals surface area contributed by atoms with E-state index in [1.165, 1.54) is 25.9 Å². The van der Waals surface area contributed by atoms with Crippen LogP contribution in [-0.4, -0.2) is 53.6 Å². The van der Waals surface area contributed by atoms with Gasteiger partial charge in [0.2, 0.25) is 5.91 Å². The summed E-state index contributed by atoms with van der Waals surface area (Å²) in [4.78, 5) is 25.3. The molecule has 0 saturated carbocycles. The van der Waals surface area contributed by atoms with Crippen molar-refractivity contribution in [2.24, 2.45) is 0 Å². The number of unbranched alkanes of at least 4 members (excludes halogenated alkanes) is 2. The number of nitrogens with two attached hydrogens (primary N) is 1. The monoisotopic (exact) mass is 347 g/mol. The zero-order valence-electron chi connectivity index (χ0n) is 15.2. The number of amides is 1. The molecule has 0 bridgehead atoms. The van der Waals surface area contributed by atoms with Crippen molar-refractivity contribution < 1.29 is 9.53 Å². The number of likely N-dealkylation sites (tertiary alicyclic amines) is 1. The maximum Gasteiger partial charge on any atom is 0.320 e. The van der Waals surface area contributed by atoms with Gasteiger partial charge in [0.1, 0.15) is 11.6 Å². The molecule has 0 aliphatic carbocycles. The van der Waals surface area contributed by atoms with Crippen molar-refractivity contribution in [1.29, 1.82) is 0 Å². The Labute approximate surface area is 149 Å². The fourth-order valence-corrected chi connectivity index (χ4v) is 3.44. The Hall–Kier alpha value is -1.89. The fraction of sp³-hybridized carbons (Fsp3) is 0.722. The number of carbonyl (C=O) groups excluding carboxylic acids is 1. The molecule has 138 valence electrons. The summed E-state index contributed by atoms with van der Waals surface area (Å²) < 4.78 is 5.58. The van der Waals surface area contributed by atoms with Gasteiger partial charge in [-0.25, -0.2) is 0 Å². The summed E-state index contributed by atoms with van der Waals surface area (Å²) in [6.45, 7) is 6.90. The van der Waals surface area contributed by atoms with Crippen LogP contribution in [0.3, 0.4) is 0 Å². The maximum absolute atomic E-state index is 12.4. The van der Waals surface area contributed by atoms with Crippen LogP contribution in [0.4, 0.5) is 11.6 Å². The number of hydrogen-bond donors (Lipinski definition) is 1. The first-order valence-electron chi connectivity index (χ1n) is 9.51. The zero-order chi connectivity index (χ0) is 17.6. The molecule has 0 aromatic carbocycles. The molecule has 3 rings (SSSR count). The first kappa shape index (κ1) is 17.9. The van der Waals surface area contributed by atoms with Crippen LogP contribution < -0.4 is 15.4 Å². The smallest absolute Gasteiger partial charge is 0.320 e. The molecular formula is C18H29N5O2. The van der Waals surface area contributed by atoms with Crippen molar-refractivity contribution >= 4 is 17.5 Å². The molecule has 2 aliphatic heterocycles. The van der Waals surface area contributed by atoms with Crippen LogP contribution in [-0.2, 0) is 11.2 Å². The minimum absolute atomic E-state index is 0.0582. The van der Waals surface area contributed by atoms with E-state index < -0.39 is 0 Å². The largest absolute Gasteiger partial charge is 0.463 e. The third kappa shape index (κ3) is 4.39. The molecule has 7 heteroatoms. The first-order chi connectivity index (χ1) is 12.2. The molecule has 2 N–H and O–H groups in total. The molecule has 0 unspecified atom stereocenters. The third-order valence-electron chi connectivity index (χ3n) is 4.92. The minimum atomic E-state index is 0.0582. The van der Waals surface area contributed by atoms with E-state index in [-0.39, 0.29) is 11.9 Å². The summed E-state index contributed by atoms with van der Waals surface area (Å²) in [5.41, 5.74) is 6.77. The Morgan fingerprint density at radius 1 is 1.12 bits per heavy atom. The number of anilines is 2. The lowest BCUT2D eigenvalue weighted by atomic mass is 10.2. The summed E-state index contributed by atoms with van der Waals surface area (Å²) in [6, 6.07) is 0.279. The summed E-state index contributed by atoms with van der Waals surface area (Å²) in [5.74, 6) is 1.07. The average Bonchev–Trinajstić information content (AvgIpc) is 3.21. The fourth-order valence-electron chi connectivity index (χ4n) is 3.44. The van der Waals surface area contributed by atoms with Crippen molar-refractivity contribution in [1.82, 2.24) is 14.9 Å². The lowest BCUT2D eigenvalue weighted by molar-refractivity contribution is -0.117. The van der Waals surface area contributed by atoms with Gasteiger partial charge in [0, 0.05) is 12.1 Å². The molecule has 25 heavy (non-hydrogen) atoms. The van der Waals surface area contributed by atoms with E-state index in [1.807, 2.05) is 0 Å². The van der Waals surface area contributed by atoms with Gasteiger partial charge in [-0.1, -0.05) is 13.3 Å². The van der Waals surface area contributed by atoms with Crippen LogP contribution in [0.1, 0.15) is 51.0 Å². The van der Waals surface area contributed by atoms with Gasteiger partial charge in [-0.05, 0) is 51.7 Å². The van der Waals surface area contributed by atoms with E-state index >= 15 is 0 Å². The van der Waals surface area contributed by atoms with E-state index in [1.54, 1.807) is 4.90 Å². The van der Waals surface area contributed by atoms with Gasteiger partial charge >= 0.3 is 6.01 Å². The topological polar surface area (TPSA) is 84.6 Å². The summed E-state index contributed by atoms with van der Waals surface area (Å²) in [7, 11) is 0. The second-order valence-corrected chi connectivity index (χ2v) is 6.87. The number of carbonyl (C=O) groups is 1. The number of nitrogen functional groups attached to an aromatic ring is 1. The second-order valence-electron chi connectivity index (χ2n) is 6.87. The van der Waals surface area contributed by atoms with Gasteiger partial charge < -0.3 is 15.4 Å². The van der Waals surface area contributed by atoms with E-state index in [9.17, 15) is 4.79 Å². The SMILES string of the molecule is CCCCOc1nc(N)c2c(n1)N(CCCCN1CCCC1)C(=O)C2. The Kier molecular flexibility index (Phi) is 6.07. The van der Waals surface area contributed by atoms with Gasteiger partial charge in [0.25, 0.3) is 0 Å². The lowest BCUT2D eigenvalue weighted by Crippen LogP contribution is -2.29. The highest BCUT2D eigenvalue weighted by Crippen LogP contribution is 2.32. The predicted molar refractivity (Wildman–Crippen MR) is 97.8 cm³/mol. The molecule has 1 fully saturated rings. The van der Waals surface area contributed by atoms with Crippen LogP contribution in [0.5, 0.6) is 6.01 Å². The number of rotatable bonds is 9. The van der Waals surface area contributed by atoms with Gasteiger partial charge in [-0.15, -0.1) is 0 Å². The molecular weight excluding hydrogens is 318 g/mol. The second kappa shape index (κ2) is 8.47. The van der Waals surface area contributed by atoms with Crippen molar-refractivity contribution in [2.75, 3.05) is 43.4 Å². The van der Waals surface area contributed by atoms with Gasteiger partial charge in [-0.2, -0.15) is 9.97 Å². The highest BCUT2D eigenvalue weighted by molar-refractivity contribution is 6.01. The van der Waals surface area contributed by atoms with E-state index in [4.69, 9.17) is 10.5 Å². The lowest BCUT2D eigenvalue weighted by Gasteiger charge is -2.18. The molecule has 0 atom stereocenters. The van der Waals surface area contributed by atoms with Gasteiger partial charge in [0.05, 0.1) is 13.0 Å². The van der Waals surface area contributed by atoms with Crippen LogP contribution in [0.25, 0.3) is 0 Å². The normalized spacial score (nSPS) is 17.3. The molecule has 1 aromatic heterocycles. The van der Waals surface area contributed by atoms with Gasteiger partial charge in [0.15, 0.2) is 0 Å². The number of hydrogen-bond acceptors (Lipinski definition) is 6. The van der Waals surface area contributed by atoms with E-state index in [2.05, 4.69) is 21.8 Å². The van der Waals surface area contributed by atoms with E-state index in [0.717, 1.165) is 37.8 Å². The average molecular weight is 347 g/mol. The molecule has 1 aromatic rings. The Balaban J connectivity index is 1.58. The van der Waals surface area contributed by atoms with Crippen LogP contribution >= 0.6 is 0 Å². The third-order valence-corrected chi connectivity index (χ3v) is 4.92. The molecule has 0 radical (unpaired) electrons. The minimum Gasteiger partial charge on any atom is -0.463 e. The van der Waals surface area contributed by atoms with Crippen LogP contribution in [0.15, 0.2) is 0 Å². The number of fused-ring (bicyclic) bond motifs is 1. The molecule has 2 aliphatic rings. The first-order valence-corrected chi connectivity index (χ1v) is 9.51. The summed E-state index contributed by atoms with van der Waals surface area (Å²) in [6.07, 6.45) is 6.98. The number of aromatic nitrogens is 2. The van der Waals surface area contributed by atoms with Crippen molar-refractivity contribution in [3.63, 3.8) is 0 Å². The van der Waals surface area contributed by atoms with Crippen molar-refractivity contribution in [2.45, 2.75) is 51.9 Å².